The molecule has 2 N–H and O–H groups in total. The Kier molecular flexibility index (Phi) is 7.98. The second-order valence-corrected chi connectivity index (χ2v) is 8.90. The monoisotopic (exact) mass is 462 g/mol. The third-order valence-corrected chi connectivity index (χ3v) is 6.15. The predicted molar refractivity (Wildman–Crippen MR) is 134 cm³/mol. The Morgan fingerprint density at radius 3 is 2.15 bits per heavy atom. The summed E-state index contributed by atoms with van der Waals surface area (Å²) >= 11 is 0. The van der Waals surface area contributed by atoms with E-state index in [1.807, 2.05) is 30.3 Å². The molecule has 1 aromatic heterocycles. The average molecular weight is 463 g/mol. The third kappa shape index (κ3) is 6.04. The molecule has 0 aliphatic carbocycles. The predicted octanol–water partition coefficient (Wildman–Crippen LogP) is 3.95. The highest BCUT2D eigenvalue weighted by atomic mass is 16.5. The van der Waals surface area contributed by atoms with E-state index in [9.17, 15) is 0 Å². The van der Waals surface area contributed by atoms with E-state index in [1.165, 1.54) is 11.1 Å². The standard InChI is InChI=1S/C27H34N4O3/c1-27(2,21-4-8-24(9-5-21)33-17-3-13-28)22-6-10-25(11-7-22)34-20-23-12-14-29-26(30-23)31-15-18-32-19-16-31/h4-12,14H,3,13,15-20,28H2,1-2H3. The first-order valence-electron chi connectivity index (χ1n) is 11.9. The second-order valence-electron chi connectivity index (χ2n) is 8.90. The Balaban J connectivity index is 1.36. The van der Waals surface area contributed by atoms with Crippen LogP contribution in [0, 0.1) is 0 Å². The van der Waals surface area contributed by atoms with E-state index in [2.05, 4.69) is 53.0 Å². The van der Waals surface area contributed by atoms with Crippen molar-refractivity contribution in [3.05, 3.63) is 77.6 Å². The van der Waals surface area contributed by atoms with E-state index < -0.39 is 0 Å². The maximum Gasteiger partial charge on any atom is 0.225 e. The Morgan fingerprint density at radius 1 is 0.912 bits per heavy atom. The number of morpholine rings is 1. The first-order valence-corrected chi connectivity index (χ1v) is 11.9. The molecule has 2 aromatic carbocycles. The van der Waals surface area contributed by atoms with E-state index in [0.717, 1.165) is 42.7 Å². The zero-order valence-corrected chi connectivity index (χ0v) is 20.1. The molecule has 0 atom stereocenters. The van der Waals surface area contributed by atoms with Gasteiger partial charge in [0, 0.05) is 24.7 Å². The summed E-state index contributed by atoms with van der Waals surface area (Å²) in [5, 5.41) is 0. The molecule has 4 rings (SSSR count). The van der Waals surface area contributed by atoms with Gasteiger partial charge < -0.3 is 24.8 Å². The zero-order valence-electron chi connectivity index (χ0n) is 20.1. The van der Waals surface area contributed by atoms with Crippen molar-refractivity contribution in [2.45, 2.75) is 32.3 Å². The number of nitrogens with two attached hydrogens (primary N) is 1. The highest BCUT2D eigenvalue weighted by molar-refractivity contribution is 5.42. The van der Waals surface area contributed by atoms with Gasteiger partial charge in [0.05, 0.1) is 25.5 Å². The van der Waals surface area contributed by atoms with Crippen LogP contribution < -0.4 is 20.1 Å². The van der Waals surface area contributed by atoms with Gasteiger partial charge in [-0.05, 0) is 54.4 Å². The highest BCUT2D eigenvalue weighted by Gasteiger charge is 2.23. The van der Waals surface area contributed by atoms with Gasteiger partial charge in [0.15, 0.2) is 0 Å². The molecule has 1 fully saturated rings. The average Bonchev–Trinajstić information content (AvgIpc) is 2.89. The SMILES string of the molecule is CC(C)(c1ccc(OCCCN)cc1)c1ccc(OCc2ccnc(N3CCOCC3)n2)cc1. The van der Waals surface area contributed by atoms with Crippen LogP contribution in [0.2, 0.25) is 0 Å². The first-order chi connectivity index (χ1) is 16.6. The minimum atomic E-state index is -0.145. The van der Waals surface area contributed by atoms with Gasteiger partial charge in [0.25, 0.3) is 0 Å². The maximum atomic E-state index is 6.01. The van der Waals surface area contributed by atoms with Crippen LogP contribution in [0.4, 0.5) is 5.95 Å². The summed E-state index contributed by atoms with van der Waals surface area (Å²) in [5.41, 5.74) is 8.68. The van der Waals surface area contributed by atoms with Crippen LogP contribution in [-0.2, 0) is 16.8 Å². The Morgan fingerprint density at radius 2 is 1.53 bits per heavy atom. The van der Waals surface area contributed by atoms with Gasteiger partial charge in [0.2, 0.25) is 5.95 Å². The fourth-order valence-corrected chi connectivity index (χ4v) is 3.91. The van der Waals surface area contributed by atoms with E-state index in [-0.39, 0.29) is 5.41 Å². The summed E-state index contributed by atoms with van der Waals surface area (Å²) in [6.07, 6.45) is 2.64. The summed E-state index contributed by atoms with van der Waals surface area (Å²) in [6.45, 7) is 9.16. The summed E-state index contributed by atoms with van der Waals surface area (Å²) in [5.74, 6) is 2.42. The summed E-state index contributed by atoms with van der Waals surface area (Å²) in [4.78, 5) is 11.2. The van der Waals surface area contributed by atoms with Gasteiger partial charge in [-0.15, -0.1) is 0 Å². The number of rotatable bonds is 10. The molecule has 1 aliphatic rings. The molecule has 0 radical (unpaired) electrons. The number of hydrogen-bond donors (Lipinski definition) is 1. The molecule has 0 unspecified atom stereocenters. The molecule has 0 amide bonds. The molecule has 180 valence electrons. The number of ether oxygens (including phenoxy) is 3. The molecule has 7 heteroatoms. The molecular formula is C27H34N4O3. The van der Waals surface area contributed by atoms with E-state index in [4.69, 9.17) is 19.9 Å². The molecule has 0 bridgehead atoms. The number of anilines is 1. The van der Waals surface area contributed by atoms with Crippen LogP contribution in [0.25, 0.3) is 0 Å². The number of aromatic nitrogens is 2. The van der Waals surface area contributed by atoms with Crippen LogP contribution in [0.3, 0.4) is 0 Å². The van der Waals surface area contributed by atoms with E-state index >= 15 is 0 Å². The van der Waals surface area contributed by atoms with Crippen molar-refractivity contribution in [2.24, 2.45) is 5.73 Å². The maximum absolute atomic E-state index is 6.01. The molecular weight excluding hydrogens is 428 g/mol. The lowest BCUT2D eigenvalue weighted by molar-refractivity contribution is 0.122. The summed E-state index contributed by atoms with van der Waals surface area (Å²) < 4.78 is 17.1. The van der Waals surface area contributed by atoms with Crippen LogP contribution in [-0.4, -0.2) is 49.4 Å². The zero-order chi connectivity index (χ0) is 23.8. The molecule has 0 saturated carbocycles. The fourth-order valence-electron chi connectivity index (χ4n) is 3.91. The fraction of sp³-hybridized carbons (Fsp3) is 0.407. The molecule has 34 heavy (non-hydrogen) atoms. The Hall–Kier alpha value is -3.16. The van der Waals surface area contributed by atoms with Gasteiger partial charge in [-0.3, -0.25) is 0 Å². The quantitative estimate of drug-likeness (QED) is 0.457. The lowest BCUT2D eigenvalue weighted by Gasteiger charge is -2.27. The first kappa shape index (κ1) is 24.0. The lowest BCUT2D eigenvalue weighted by atomic mass is 9.78. The Bertz CT molecular complexity index is 1030. The van der Waals surface area contributed by atoms with Crippen molar-refractivity contribution >= 4 is 5.95 Å². The van der Waals surface area contributed by atoms with Gasteiger partial charge in [-0.2, -0.15) is 0 Å². The van der Waals surface area contributed by atoms with Crippen molar-refractivity contribution in [2.75, 3.05) is 44.4 Å². The summed E-state index contributed by atoms with van der Waals surface area (Å²) in [6, 6.07) is 18.5. The van der Waals surface area contributed by atoms with Gasteiger partial charge in [0.1, 0.15) is 18.1 Å². The molecule has 7 nitrogen and oxygen atoms in total. The number of benzene rings is 2. The lowest BCUT2D eigenvalue weighted by Crippen LogP contribution is -2.37. The molecule has 0 spiro atoms. The smallest absolute Gasteiger partial charge is 0.225 e. The van der Waals surface area contributed by atoms with Crippen molar-refractivity contribution in [3.8, 4) is 11.5 Å². The molecule has 2 heterocycles. The number of hydrogen-bond acceptors (Lipinski definition) is 7. The van der Waals surface area contributed by atoms with Crippen LogP contribution in [0.15, 0.2) is 60.8 Å². The minimum absolute atomic E-state index is 0.145. The third-order valence-electron chi connectivity index (χ3n) is 6.15. The highest BCUT2D eigenvalue weighted by Crippen LogP contribution is 2.33. The van der Waals surface area contributed by atoms with Crippen LogP contribution in [0.5, 0.6) is 11.5 Å². The van der Waals surface area contributed by atoms with E-state index in [1.54, 1.807) is 6.20 Å². The van der Waals surface area contributed by atoms with Gasteiger partial charge >= 0.3 is 0 Å². The van der Waals surface area contributed by atoms with Crippen LogP contribution in [0.1, 0.15) is 37.1 Å². The van der Waals surface area contributed by atoms with Crippen molar-refractivity contribution < 1.29 is 14.2 Å². The summed E-state index contributed by atoms with van der Waals surface area (Å²) in [7, 11) is 0. The second kappa shape index (κ2) is 11.3. The minimum Gasteiger partial charge on any atom is -0.494 e. The van der Waals surface area contributed by atoms with E-state index in [0.29, 0.717) is 33.0 Å². The number of nitrogens with zero attached hydrogens (tertiary/aromatic N) is 3. The van der Waals surface area contributed by atoms with Crippen molar-refractivity contribution in [1.29, 1.82) is 0 Å². The topological polar surface area (TPSA) is 82.7 Å². The van der Waals surface area contributed by atoms with Crippen LogP contribution >= 0.6 is 0 Å². The van der Waals surface area contributed by atoms with Gasteiger partial charge in [-0.1, -0.05) is 38.1 Å². The van der Waals surface area contributed by atoms with Crippen molar-refractivity contribution in [1.82, 2.24) is 9.97 Å². The van der Waals surface area contributed by atoms with Gasteiger partial charge in [-0.25, -0.2) is 9.97 Å². The van der Waals surface area contributed by atoms with Crippen molar-refractivity contribution in [3.63, 3.8) is 0 Å². The molecule has 3 aromatic rings. The largest absolute Gasteiger partial charge is 0.494 e. The molecule has 1 saturated heterocycles. The Labute approximate surface area is 201 Å². The molecule has 1 aliphatic heterocycles. The normalized spacial score (nSPS) is 14.1.